The second kappa shape index (κ2) is 39.9. The molecule has 2 aromatic carbocycles. The van der Waals surface area contributed by atoms with Gasteiger partial charge in [-0.25, -0.2) is 52.7 Å². The van der Waals surface area contributed by atoms with Gasteiger partial charge in [0.2, 0.25) is 0 Å². The van der Waals surface area contributed by atoms with Crippen LogP contribution in [0.1, 0.15) is 110 Å². The summed E-state index contributed by atoms with van der Waals surface area (Å²) >= 11 is 0. The highest BCUT2D eigenvalue weighted by molar-refractivity contribution is 5.99. The molecule has 35 heteroatoms. The molecule has 0 aromatic heterocycles. The zero-order valence-corrected chi connectivity index (χ0v) is 53.5. The molecule has 6 atom stereocenters. The van der Waals surface area contributed by atoms with E-state index in [2.05, 4.69) is 80.1 Å². The molecule has 2 aromatic rings. The van der Waals surface area contributed by atoms with E-state index in [9.17, 15) is 81.5 Å². The van der Waals surface area contributed by atoms with Gasteiger partial charge in [0.15, 0.2) is 5.88 Å². The average molecular weight is 1370 g/mol. The highest BCUT2D eigenvalue weighted by Crippen LogP contribution is 2.16. The molecule has 6 aliphatic heterocycles. The molecule has 0 unspecified atom stereocenters. The van der Waals surface area contributed by atoms with Gasteiger partial charge >= 0.3 is 102 Å². The molecule has 8 rings (SSSR count). The normalized spacial score (nSPS) is 19.3. The van der Waals surface area contributed by atoms with Crippen LogP contribution in [-0.4, -0.2) is 163 Å². The molecule has 526 valence electrons. The third-order valence-electron chi connectivity index (χ3n) is 11.8. The van der Waals surface area contributed by atoms with Gasteiger partial charge in [-0.3, -0.25) is 28.8 Å². The van der Waals surface area contributed by atoms with Gasteiger partial charge in [0.05, 0.1) is 19.3 Å². The third-order valence-corrected chi connectivity index (χ3v) is 11.8. The van der Waals surface area contributed by atoms with Crippen molar-refractivity contribution in [1.29, 1.82) is 0 Å². The lowest BCUT2D eigenvalue weighted by molar-refractivity contribution is -0.157. The molecule has 0 radical (unpaired) electrons. The maximum Gasteiger partial charge on any atom is 0.415 e. The fourth-order valence-corrected chi connectivity index (χ4v) is 7.52. The second-order valence-electron chi connectivity index (χ2n) is 22.2. The van der Waals surface area contributed by atoms with Crippen LogP contribution < -0.4 is 31.9 Å². The van der Waals surface area contributed by atoms with Gasteiger partial charge in [0, 0.05) is 19.3 Å². The van der Waals surface area contributed by atoms with Crippen LogP contribution in [0.5, 0.6) is 0 Å². The van der Waals surface area contributed by atoms with Gasteiger partial charge in [0.25, 0.3) is 0 Å². The molecule has 0 spiro atoms. The number of amides is 5. The first-order valence-electron chi connectivity index (χ1n) is 29.3. The van der Waals surface area contributed by atoms with Crippen LogP contribution in [0.15, 0.2) is 98.4 Å². The summed E-state index contributed by atoms with van der Waals surface area (Å²) < 4.78 is 55.3. The molecule has 35 nitrogen and oxygen atoms in total. The summed E-state index contributed by atoms with van der Waals surface area (Å²) in [6.07, 6.45) is -0.844. The second-order valence-corrected chi connectivity index (χ2v) is 22.2. The van der Waals surface area contributed by atoms with Crippen molar-refractivity contribution < 1.29 is 138 Å². The number of carbonyl (C=O) groups is 17. The van der Waals surface area contributed by atoms with Crippen LogP contribution >= 0.6 is 0 Å². The summed E-state index contributed by atoms with van der Waals surface area (Å²) in [5.74, 6) is -6.61. The molecule has 97 heavy (non-hydrogen) atoms. The van der Waals surface area contributed by atoms with Crippen LogP contribution in [-0.2, 0) is 128 Å². The number of alkyl carbamates (subject to hydrolysis) is 5. The SMILES string of the molecule is C=C1N[C@@H](CCC(=O)OCc2ccccc2)C(=O)O1.C=CCOC(=O)CC[C@@H]1NC(=O)OC1=O.C=CCOC(=O)C[C@@H]1NC(=O)OC1=O.CC(C)(C)OC(=O)CC[C@@H]1NC(=O)OC1=O.CC(C)(C)OC(=O)C[C@@H]1NC(=O)OC1=O.O=C(C[C@@H]1NC(=O)OC1=O)OCc1ccccc1. The van der Waals surface area contributed by atoms with E-state index in [-0.39, 0.29) is 89.6 Å². The van der Waals surface area contributed by atoms with E-state index in [1.54, 1.807) is 41.5 Å². The van der Waals surface area contributed by atoms with Crippen molar-refractivity contribution in [2.24, 2.45) is 0 Å². The molecule has 0 aliphatic carbocycles. The molecule has 0 saturated carbocycles. The molecular formula is C62H74N6O29. The topological polar surface area (TPSA) is 473 Å². The summed E-state index contributed by atoms with van der Waals surface area (Å²) in [5.41, 5.74) is 0.631. The van der Waals surface area contributed by atoms with Crippen molar-refractivity contribution >= 4 is 102 Å². The lowest BCUT2D eigenvalue weighted by Gasteiger charge is -2.19. The van der Waals surface area contributed by atoms with Gasteiger partial charge in [0.1, 0.15) is 73.9 Å². The van der Waals surface area contributed by atoms with Crippen LogP contribution in [0.3, 0.4) is 0 Å². The Labute approximate surface area is 553 Å². The fraction of sp³-hybridized carbons (Fsp3) is 0.435. The largest absolute Gasteiger partial charge is 0.461 e. The van der Waals surface area contributed by atoms with Gasteiger partial charge in [-0.15, -0.1) is 0 Å². The molecule has 6 saturated heterocycles. The zero-order chi connectivity index (χ0) is 72.4. The van der Waals surface area contributed by atoms with E-state index < -0.39 is 144 Å². The average Bonchev–Trinajstić information content (AvgIpc) is 1.86. The van der Waals surface area contributed by atoms with E-state index in [4.69, 9.17) is 28.4 Å². The van der Waals surface area contributed by atoms with Crippen molar-refractivity contribution in [3.8, 4) is 0 Å². The molecule has 0 bridgehead atoms. The highest BCUT2D eigenvalue weighted by Gasteiger charge is 2.38. The van der Waals surface area contributed by atoms with Crippen molar-refractivity contribution in [3.05, 3.63) is 110 Å². The van der Waals surface area contributed by atoms with Crippen molar-refractivity contribution in [2.45, 2.75) is 160 Å². The van der Waals surface area contributed by atoms with Crippen LogP contribution in [0, 0.1) is 0 Å². The number of rotatable bonds is 23. The Hall–Kier alpha value is -11.6. The Kier molecular flexibility index (Phi) is 32.8. The van der Waals surface area contributed by atoms with E-state index >= 15 is 0 Å². The molecule has 6 fully saturated rings. The number of ether oxygens (including phenoxy) is 12. The number of esters is 12. The maximum absolute atomic E-state index is 11.5. The van der Waals surface area contributed by atoms with E-state index in [1.165, 1.54) is 12.2 Å². The first kappa shape index (κ1) is 79.7. The Morgan fingerprint density at radius 3 is 0.979 bits per heavy atom. The minimum Gasteiger partial charge on any atom is -0.461 e. The van der Waals surface area contributed by atoms with Crippen molar-refractivity contribution in [2.75, 3.05) is 13.2 Å². The molecular weight excluding hydrogens is 1290 g/mol. The Morgan fingerprint density at radius 1 is 0.381 bits per heavy atom. The predicted octanol–water partition coefficient (Wildman–Crippen LogP) is 3.22. The minimum absolute atomic E-state index is 0.0495. The lowest BCUT2D eigenvalue weighted by Crippen LogP contribution is -2.34. The van der Waals surface area contributed by atoms with Gasteiger partial charge in [-0.05, 0) is 78.5 Å². The van der Waals surface area contributed by atoms with E-state index in [0.29, 0.717) is 6.42 Å². The summed E-state index contributed by atoms with van der Waals surface area (Å²) in [5, 5.41) is 13.9. The van der Waals surface area contributed by atoms with E-state index in [1.807, 2.05) is 60.7 Å². The summed E-state index contributed by atoms with van der Waals surface area (Å²) in [6.45, 7) is 21.3. The van der Waals surface area contributed by atoms with E-state index in [0.717, 1.165) is 11.1 Å². The molecule has 6 aliphatic rings. The Balaban J connectivity index is 0.000000304. The van der Waals surface area contributed by atoms with Gasteiger partial charge in [-0.1, -0.05) is 86.0 Å². The zero-order valence-electron chi connectivity index (χ0n) is 53.5. The summed E-state index contributed by atoms with van der Waals surface area (Å²) in [6, 6.07) is 13.8. The highest BCUT2D eigenvalue weighted by atomic mass is 16.6. The first-order chi connectivity index (χ1) is 45.6. The summed E-state index contributed by atoms with van der Waals surface area (Å²) in [4.78, 5) is 187. The number of nitrogens with one attached hydrogen (secondary N) is 6. The standard InChI is InChI=1S/C14H15NO4.C12H11NO5.C10H15NO5.C9H13NO5.C9H11NO5.C8H9NO5/c1-10-15-12(14(17)19-10)7-8-13(16)18-9-11-5-3-2-4-6-11;14-10(6-9-11(15)18-12(16)13-9)17-7-8-4-2-1-3-5-8;1-10(2,3)16-7(12)5-4-6-8(13)15-9(14)11-6;1-9(2,3)15-6(11)4-5-7(12)14-8(13)10-5;1-2-5-14-7(11)4-3-6-8(12)15-9(13)10-6;1-2-3-13-6(10)4-5-7(11)14-8(12)9-5/h2-6,12,15H,1,7-9H2;1-5,9H,6-7H2,(H,13,16);6H,4-5H2,1-3H3,(H,11,14);5H,4H2,1-3H3,(H,10,13);2,6H,1,3-5H2,(H,10,13);2,5H,1,3-4H2,(H,9,12)/t12-;9-;6-;5-;6-;5-/m000000/s1. The van der Waals surface area contributed by atoms with Gasteiger partial charge in [-0.2, -0.15) is 0 Å². The number of benzene rings is 2. The van der Waals surface area contributed by atoms with Gasteiger partial charge < -0.3 is 88.7 Å². The maximum atomic E-state index is 11.5. The van der Waals surface area contributed by atoms with Crippen LogP contribution in [0.4, 0.5) is 24.0 Å². The Bertz CT molecular complexity index is 3250. The predicted molar refractivity (Wildman–Crippen MR) is 322 cm³/mol. The quantitative estimate of drug-likeness (QED) is 0.0402. The summed E-state index contributed by atoms with van der Waals surface area (Å²) in [7, 11) is 0. The first-order valence-corrected chi connectivity index (χ1v) is 29.3. The Morgan fingerprint density at radius 2 is 0.660 bits per heavy atom. The van der Waals surface area contributed by atoms with Crippen LogP contribution in [0.25, 0.3) is 0 Å². The van der Waals surface area contributed by atoms with Crippen molar-refractivity contribution in [1.82, 2.24) is 31.9 Å². The van der Waals surface area contributed by atoms with Crippen LogP contribution in [0.2, 0.25) is 0 Å². The molecule has 6 heterocycles. The number of carbonyl (C=O) groups excluding carboxylic acids is 17. The third kappa shape index (κ3) is 33.2. The number of cyclic esters (lactones) is 11. The fourth-order valence-electron chi connectivity index (χ4n) is 7.52. The number of hydrogen-bond acceptors (Lipinski definition) is 30. The minimum atomic E-state index is -0.944. The lowest BCUT2D eigenvalue weighted by atomic mass is 10.1. The van der Waals surface area contributed by atoms with Crippen molar-refractivity contribution in [3.63, 3.8) is 0 Å². The smallest absolute Gasteiger partial charge is 0.415 e. The molecule has 5 amide bonds. The molecule has 6 N–H and O–H groups in total. The monoisotopic (exact) mass is 1370 g/mol. The number of hydrogen-bond donors (Lipinski definition) is 6.